The predicted molar refractivity (Wildman–Crippen MR) is 46.1 cm³/mol. The molecule has 5 heteroatoms. The molecule has 1 fully saturated rings. The fourth-order valence-electron chi connectivity index (χ4n) is 0.842. The Morgan fingerprint density at radius 2 is 2.17 bits per heavy atom. The number of carbonyl (C=O) groups excluding carboxylic acids is 1. The van der Waals surface area contributed by atoms with E-state index in [2.05, 4.69) is 15.6 Å². The van der Waals surface area contributed by atoms with Crippen LogP contribution in [0.2, 0.25) is 0 Å². The molecule has 0 atom stereocenters. The van der Waals surface area contributed by atoms with E-state index in [9.17, 15) is 4.79 Å². The maximum absolute atomic E-state index is 11.0. The van der Waals surface area contributed by atoms with Crippen molar-refractivity contribution in [3.63, 3.8) is 0 Å². The van der Waals surface area contributed by atoms with Gasteiger partial charge in [0.25, 0.3) is 5.91 Å². The van der Waals surface area contributed by atoms with Crippen LogP contribution < -0.4 is 10.6 Å². The van der Waals surface area contributed by atoms with Gasteiger partial charge in [0.1, 0.15) is 5.71 Å². The monoisotopic (exact) mass is 166 g/mol. The SMILES string of the molecule is C/C=C1/NC(=NC)NC(=O)C1=N. The largest absolute Gasteiger partial charge is 0.324 e. The molecule has 5 nitrogen and oxygen atoms in total. The molecule has 0 aliphatic carbocycles. The summed E-state index contributed by atoms with van der Waals surface area (Å²) in [6.07, 6.45) is 1.66. The summed E-state index contributed by atoms with van der Waals surface area (Å²) in [5, 5.41) is 12.5. The Hall–Kier alpha value is -1.65. The Labute approximate surface area is 70.1 Å². The smallest absolute Gasteiger partial charge is 0.277 e. The van der Waals surface area contributed by atoms with Crippen molar-refractivity contribution in [3.05, 3.63) is 11.8 Å². The average molecular weight is 166 g/mol. The lowest BCUT2D eigenvalue weighted by molar-refractivity contribution is -0.113. The fourth-order valence-corrected chi connectivity index (χ4v) is 0.842. The molecule has 0 aromatic carbocycles. The molecule has 0 aromatic rings. The highest BCUT2D eigenvalue weighted by atomic mass is 16.2. The fraction of sp³-hybridized carbons (Fsp3) is 0.286. The summed E-state index contributed by atoms with van der Waals surface area (Å²) in [7, 11) is 1.56. The minimum Gasteiger partial charge on any atom is -0.324 e. The first kappa shape index (κ1) is 8.45. The first-order chi connectivity index (χ1) is 5.69. The van der Waals surface area contributed by atoms with Gasteiger partial charge in [0.15, 0.2) is 0 Å². The lowest BCUT2D eigenvalue weighted by atomic mass is 10.2. The van der Waals surface area contributed by atoms with Gasteiger partial charge in [-0.05, 0) is 6.92 Å². The molecule has 1 saturated heterocycles. The van der Waals surface area contributed by atoms with Gasteiger partial charge in [0.05, 0.1) is 5.70 Å². The summed E-state index contributed by atoms with van der Waals surface area (Å²) in [6, 6.07) is 0. The van der Waals surface area contributed by atoms with Crippen molar-refractivity contribution in [1.29, 1.82) is 5.41 Å². The van der Waals surface area contributed by atoms with Crippen LogP contribution in [0.15, 0.2) is 16.8 Å². The number of amides is 1. The Morgan fingerprint density at radius 3 is 2.67 bits per heavy atom. The second-order valence-corrected chi connectivity index (χ2v) is 2.23. The summed E-state index contributed by atoms with van der Waals surface area (Å²) in [6.45, 7) is 1.75. The zero-order valence-corrected chi connectivity index (χ0v) is 6.93. The van der Waals surface area contributed by atoms with Gasteiger partial charge < -0.3 is 5.32 Å². The normalized spacial score (nSPS) is 24.2. The number of aliphatic imine (C=N–C) groups is 1. The number of nitrogens with one attached hydrogen (secondary N) is 3. The van der Waals surface area contributed by atoms with E-state index < -0.39 is 5.91 Å². The van der Waals surface area contributed by atoms with Crippen LogP contribution >= 0.6 is 0 Å². The third-order valence-electron chi connectivity index (χ3n) is 1.49. The van der Waals surface area contributed by atoms with E-state index in [-0.39, 0.29) is 5.71 Å². The summed E-state index contributed by atoms with van der Waals surface area (Å²) in [4.78, 5) is 14.8. The van der Waals surface area contributed by atoms with Gasteiger partial charge >= 0.3 is 0 Å². The van der Waals surface area contributed by atoms with Crippen LogP contribution in [0.5, 0.6) is 0 Å². The molecule has 0 bridgehead atoms. The molecule has 1 aliphatic heterocycles. The summed E-state index contributed by atoms with van der Waals surface area (Å²) in [5.41, 5.74) is 0.421. The van der Waals surface area contributed by atoms with Gasteiger partial charge in [-0.15, -0.1) is 0 Å². The minimum absolute atomic E-state index is 0.0649. The lowest BCUT2D eigenvalue weighted by Gasteiger charge is -2.19. The highest BCUT2D eigenvalue weighted by Crippen LogP contribution is 1.97. The van der Waals surface area contributed by atoms with Crippen molar-refractivity contribution in [1.82, 2.24) is 10.6 Å². The minimum atomic E-state index is -0.428. The maximum atomic E-state index is 11.0. The van der Waals surface area contributed by atoms with E-state index in [0.29, 0.717) is 11.7 Å². The number of guanidine groups is 1. The van der Waals surface area contributed by atoms with Crippen molar-refractivity contribution in [2.75, 3.05) is 7.05 Å². The van der Waals surface area contributed by atoms with E-state index >= 15 is 0 Å². The highest BCUT2D eigenvalue weighted by Gasteiger charge is 2.22. The molecule has 0 radical (unpaired) electrons. The standard InChI is InChI=1S/C7H10N4O/c1-3-4-5(8)6(12)11-7(9-2)10-4/h3,8H,1-2H3,(H2,9,10,11,12)/b4-3+,8-5?. The van der Waals surface area contributed by atoms with Crippen LogP contribution in [0.1, 0.15) is 6.92 Å². The molecular weight excluding hydrogens is 156 g/mol. The summed E-state index contributed by atoms with van der Waals surface area (Å²) >= 11 is 0. The van der Waals surface area contributed by atoms with E-state index in [1.807, 2.05) is 0 Å². The second kappa shape index (κ2) is 3.17. The number of allylic oxidation sites excluding steroid dienone is 1. The van der Waals surface area contributed by atoms with E-state index in [1.54, 1.807) is 20.0 Å². The molecule has 0 spiro atoms. The Kier molecular flexibility index (Phi) is 2.23. The van der Waals surface area contributed by atoms with Crippen LogP contribution in [-0.2, 0) is 4.79 Å². The Balaban J connectivity index is 2.94. The van der Waals surface area contributed by atoms with Gasteiger partial charge in [-0.3, -0.25) is 20.5 Å². The molecule has 1 amide bonds. The average Bonchev–Trinajstić information content (AvgIpc) is 2.09. The number of nitrogens with zero attached hydrogens (tertiary/aromatic N) is 1. The molecule has 12 heavy (non-hydrogen) atoms. The quantitative estimate of drug-likeness (QED) is 0.458. The van der Waals surface area contributed by atoms with Crippen LogP contribution in [0, 0.1) is 5.41 Å². The van der Waals surface area contributed by atoms with Crippen molar-refractivity contribution in [2.45, 2.75) is 6.92 Å². The lowest BCUT2D eigenvalue weighted by Crippen LogP contribution is -2.51. The molecule has 1 rings (SSSR count). The van der Waals surface area contributed by atoms with Gasteiger partial charge in [0.2, 0.25) is 5.96 Å². The van der Waals surface area contributed by atoms with Crippen LogP contribution in [0.25, 0.3) is 0 Å². The molecule has 64 valence electrons. The van der Waals surface area contributed by atoms with Crippen molar-refractivity contribution in [3.8, 4) is 0 Å². The Bertz CT molecular complexity index is 290. The van der Waals surface area contributed by atoms with Gasteiger partial charge in [0, 0.05) is 7.05 Å². The summed E-state index contributed by atoms with van der Waals surface area (Å²) < 4.78 is 0. The molecule has 3 N–H and O–H groups in total. The van der Waals surface area contributed by atoms with E-state index in [1.165, 1.54) is 0 Å². The third-order valence-corrected chi connectivity index (χ3v) is 1.49. The third kappa shape index (κ3) is 1.34. The van der Waals surface area contributed by atoms with Gasteiger partial charge in [-0.2, -0.15) is 0 Å². The topological polar surface area (TPSA) is 77.3 Å². The predicted octanol–water partition coefficient (Wildman–Crippen LogP) is -0.385. The van der Waals surface area contributed by atoms with Crippen LogP contribution in [0.3, 0.4) is 0 Å². The zero-order chi connectivity index (χ0) is 9.14. The van der Waals surface area contributed by atoms with Crippen LogP contribution in [-0.4, -0.2) is 24.6 Å². The molecule has 0 unspecified atom stereocenters. The van der Waals surface area contributed by atoms with E-state index in [0.717, 1.165) is 0 Å². The number of rotatable bonds is 0. The first-order valence-corrected chi connectivity index (χ1v) is 3.49. The molecule has 1 aliphatic rings. The number of hydrogen-bond acceptors (Lipinski definition) is 3. The number of carbonyl (C=O) groups is 1. The molecule has 1 heterocycles. The zero-order valence-electron chi connectivity index (χ0n) is 6.93. The van der Waals surface area contributed by atoms with Crippen molar-refractivity contribution >= 4 is 17.6 Å². The second-order valence-electron chi connectivity index (χ2n) is 2.23. The molecule has 0 saturated carbocycles. The maximum Gasteiger partial charge on any atom is 0.277 e. The first-order valence-electron chi connectivity index (χ1n) is 3.49. The van der Waals surface area contributed by atoms with Gasteiger partial charge in [-0.25, -0.2) is 0 Å². The highest BCUT2D eigenvalue weighted by molar-refractivity contribution is 6.48. The molecule has 0 aromatic heterocycles. The number of hydrogen-bond donors (Lipinski definition) is 3. The Morgan fingerprint density at radius 1 is 1.50 bits per heavy atom. The van der Waals surface area contributed by atoms with Gasteiger partial charge in [-0.1, -0.05) is 6.08 Å². The van der Waals surface area contributed by atoms with Crippen LogP contribution in [0.4, 0.5) is 0 Å². The van der Waals surface area contributed by atoms with Crippen molar-refractivity contribution < 1.29 is 4.79 Å². The summed E-state index contributed by atoms with van der Waals surface area (Å²) in [5.74, 6) is -0.0495. The van der Waals surface area contributed by atoms with E-state index in [4.69, 9.17) is 5.41 Å². The van der Waals surface area contributed by atoms with Crippen molar-refractivity contribution in [2.24, 2.45) is 4.99 Å². The molecular formula is C7H10N4O.